The van der Waals surface area contributed by atoms with Gasteiger partial charge in [-0.3, -0.25) is 10.2 Å². The fraction of sp³-hybridized carbons (Fsp3) is 0.150. The third-order valence-electron chi connectivity index (χ3n) is 3.66. The Morgan fingerprint density at radius 3 is 2.44 bits per heavy atom. The Morgan fingerprint density at radius 2 is 1.81 bits per heavy atom. The van der Waals surface area contributed by atoms with Gasteiger partial charge in [-0.1, -0.05) is 12.1 Å². The number of oxazole rings is 1. The summed E-state index contributed by atoms with van der Waals surface area (Å²) >= 11 is 0. The predicted molar refractivity (Wildman–Crippen MR) is 107 cm³/mol. The van der Waals surface area contributed by atoms with Crippen LogP contribution in [0.4, 0.5) is 11.4 Å². The van der Waals surface area contributed by atoms with E-state index < -0.39 is 0 Å². The fourth-order valence-electron chi connectivity index (χ4n) is 2.39. The maximum absolute atomic E-state index is 11.7. The van der Waals surface area contributed by atoms with Crippen LogP contribution in [0.15, 0.2) is 70.6 Å². The Kier molecular flexibility index (Phi) is 5.96. The van der Waals surface area contributed by atoms with E-state index >= 15 is 0 Å². The standard InChI is InChI=1S/C20H21N5O2/c1-25(2)13-20(26)23-17-7-3-15(4-8-17)11-22-24-18-9-5-16(6-10-18)19-12-21-14-27-19/h3-12,14,24H,13H2,1-2H3,(H,23,26). The van der Waals surface area contributed by atoms with Gasteiger partial charge >= 0.3 is 0 Å². The zero-order valence-corrected chi connectivity index (χ0v) is 15.2. The number of likely N-dealkylation sites (N-methyl/N-ethyl adjacent to an activating group) is 1. The van der Waals surface area contributed by atoms with Crippen molar-refractivity contribution in [1.82, 2.24) is 9.88 Å². The summed E-state index contributed by atoms with van der Waals surface area (Å²) < 4.78 is 5.26. The van der Waals surface area contributed by atoms with E-state index in [2.05, 4.69) is 20.8 Å². The van der Waals surface area contributed by atoms with Crippen LogP contribution < -0.4 is 10.7 Å². The molecule has 1 aromatic heterocycles. The lowest BCUT2D eigenvalue weighted by Crippen LogP contribution is -2.27. The van der Waals surface area contributed by atoms with Gasteiger partial charge in [0.1, 0.15) is 0 Å². The number of anilines is 2. The lowest BCUT2D eigenvalue weighted by atomic mass is 10.2. The quantitative estimate of drug-likeness (QED) is 0.497. The molecule has 0 spiro atoms. The highest BCUT2D eigenvalue weighted by molar-refractivity contribution is 5.92. The second kappa shape index (κ2) is 8.77. The van der Waals surface area contributed by atoms with E-state index in [4.69, 9.17) is 4.42 Å². The molecule has 2 N–H and O–H groups in total. The van der Waals surface area contributed by atoms with Crippen molar-refractivity contribution in [3.63, 3.8) is 0 Å². The third kappa shape index (κ3) is 5.52. The predicted octanol–water partition coefficient (Wildman–Crippen LogP) is 3.29. The summed E-state index contributed by atoms with van der Waals surface area (Å²) in [5, 5.41) is 7.08. The average molecular weight is 363 g/mol. The first-order valence-corrected chi connectivity index (χ1v) is 8.43. The molecule has 0 aliphatic rings. The number of aromatic nitrogens is 1. The highest BCUT2D eigenvalue weighted by atomic mass is 16.3. The molecule has 0 bridgehead atoms. The van der Waals surface area contributed by atoms with E-state index in [1.165, 1.54) is 6.39 Å². The molecular formula is C20H21N5O2. The van der Waals surface area contributed by atoms with Crippen LogP contribution in [-0.2, 0) is 4.79 Å². The van der Waals surface area contributed by atoms with Crippen molar-refractivity contribution >= 4 is 23.5 Å². The molecule has 0 unspecified atom stereocenters. The number of carbonyl (C=O) groups excluding carboxylic acids is 1. The molecule has 7 nitrogen and oxygen atoms in total. The first-order valence-electron chi connectivity index (χ1n) is 8.43. The van der Waals surface area contributed by atoms with E-state index in [0.717, 1.165) is 28.3 Å². The summed E-state index contributed by atoms with van der Waals surface area (Å²) in [6, 6.07) is 15.2. The van der Waals surface area contributed by atoms with Gasteiger partial charge in [-0.25, -0.2) is 4.98 Å². The van der Waals surface area contributed by atoms with Crippen molar-refractivity contribution in [3.8, 4) is 11.3 Å². The van der Waals surface area contributed by atoms with Crippen LogP contribution in [0.25, 0.3) is 11.3 Å². The van der Waals surface area contributed by atoms with Crippen LogP contribution in [-0.4, -0.2) is 42.6 Å². The molecule has 3 aromatic rings. The second-order valence-electron chi connectivity index (χ2n) is 6.22. The van der Waals surface area contributed by atoms with Crippen molar-refractivity contribution in [2.75, 3.05) is 31.4 Å². The van der Waals surface area contributed by atoms with Crippen molar-refractivity contribution in [2.45, 2.75) is 0 Å². The second-order valence-corrected chi connectivity index (χ2v) is 6.22. The van der Waals surface area contributed by atoms with Crippen LogP contribution in [0.2, 0.25) is 0 Å². The normalized spacial score (nSPS) is 11.1. The van der Waals surface area contributed by atoms with Gasteiger partial charge in [0.05, 0.1) is 24.6 Å². The summed E-state index contributed by atoms with van der Waals surface area (Å²) in [6.45, 7) is 0.350. The number of nitrogens with zero attached hydrogens (tertiary/aromatic N) is 3. The summed E-state index contributed by atoms with van der Waals surface area (Å²) in [5.74, 6) is 0.680. The molecule has 0 saturated heterocycles. The van der Waals surface area contributed by atoms with Crippen LogP contribution in [0.5, 0.6) is 0 Å². The van der Waals surface area contributed by atoms with Crippen molar-refractivity contribution in [3.05, 3.63) is 66.7 Å². The summed E-state index contributed by atoms with van der Waals surface area (Å²) in [7, 11) is 3.71. The summed E-state index contributed by atoms with van der Waals surface area (Å²) in [4.78, 5) is 17.5. The molecule has 138 valence electrons. The van der Waals surface area contributed by atoms with Gasteiger partial charge in [0.15, 0.2) is 12.2 Å². The van der Waals surface area contributed by atoms with Crippen LogP contribution >= 0.6 is 0 Å². The fourth-order valence-corrected chi connectivity index (χ4v) is 2.39. The number of nitrogens with one attached hydrogen (secondary N) is 2. The van der Waals surface area contributed by atoms with Gasteiger partial charge in [0, 0.05) is 11.3 Å². The molecular weight excluding hydrogens is 342 g/mol. The molecule has 0 fully saturated rings. The average Bonchev–Trinajstić information content (AvgIpc) is 3.18. The highest BCUT2D eigenvalue weighted by Crippen LogP contribution is 2.20. The zero-order valence-electron chi connectivity index (χ0n) is 15.2. The molecule has 0 radical (unpaired) electrons. The molecule has 0 aliphatic carbocycles. The molecule has 0 aliphatic heterocycles. The minimum absolute atomic E-state index is 0.0446. The van der Waals surface area contributed by atoms with Crippen LogP contribution in [0, 0.1) is 0 Å². The van der Waals surface area contributed by atoms with Gasteiger partial charge in [-0.05, 0) is 56.1 Å². The molecule has 0 saturated carbocycles. The largest absolute Gasteiger partial charge is 0.444 e. The SMILES string of the molecule is CN(C)CC(=O)Nc1ccc(C=NNc2ccc(-c3cnco3)cc2)cc1. The van der Waals surface area contributed by atoms with E-state index in [9.17, 15) is 4.79 Å². The minimum Gasteiger partial charge on any atom is -0.444 e. The maximum atomic E-state index is 11.7. The number of rotatable bonds is 7. The van der Waals surface area contributed by atoms with Crippen molar-refractivity contribution in [1.29, 1.82) is 0 Å². The number of benzene rings is 2. The molecule has 1 heterocycles. The van der Waals surface area contributed by atoms with E-state index in [1.54, 1.807) is 12.4 Å². The van der Waals surface area contributed by atoms with Crippen LogP contribution in [0.3, 0.4) is 0 Å². The van der Waals surface area contributed by atoms with Gasteiger partial charge in [0.2, 0.25) is 5.91 Å². The van der Waals surface area contributed by atoms with E-state index in [1.807, 2.05) is 67.5 Å². The lowest BCUT2D eigenvalue weighted by Gasteiger charge is -2.10. The molecule has 7 heteroatoms. The smallest absolute Gasteiger partial charge is 0.238 e. The van der Waals surface area contributed by atoms with E-state index in [-0.39, 0.29) is 5.91 Å². The van der Waals surface area contributed by atoms with Gasteiger partial charge in [0.25, 0.3) is 0 Å². The monoisotopic (exact) mass is 363 g/mol. The minimum atomic E-state index is -0.0446. The maximum Gasteiger partial charge on any atom is 0.238 e. The van der Waals surface area contributed by atoms with Crippen molar-refractivity contribution in [2.24, 2.45) is 5.10 Å². The number of hydrogen-bond acceptors (Lipinski definition) is 6. The van der Waals surface area contributed by atoms with Gasteiger partial charge < -0.3 is 14.6 Å². The van der Waals surface area contributed by atoms with Crippen LogP contribution in [0.1, 0.15) is 5.56 Å². The summed E-state index contributed by atoms with van der Waals surface area (Å²) in [6.07, 6.45) is 4.80. The number of hydrazone groups is 1. The zero-order chi connectivity index (χ0) is 19.1. The molecule has 1 amide bonds. The lowest BCUT2D eigenvalue weighted by molar-refractivity contribution is -0.116. The highest BCUT2D eigenvalue weighted by Gasteiger charge is 2.03. The molecule has 3 rings (SSSR count). The Morgan fingerprint density at radius 1 is 1.11 bits per heavy atom. The Hall–Kier alpha value is -3.45. The van der Waals surface area contributed by atoms with Gasteiger partial charge in [-0.2, -0.15) is 5.10 Å². The molecule has 0 atom stereocenters. The number of amides is 1. The first kappa shape index (κ1) is 18.3. The van der Waals surface area contributed by atoms with Crippen molar-refractivity contribution < 1.29 is 9.21 Å². The molecule has 27 heavy (non-hydrogen) atoms. The Bertz CT molecular complexity index is 885. The Balaban J connectivity index is 1.53. The summed E-state index contributed by atoms with van der Waals surface area (Å²) in [5.41, 5.74) is 6.48. The topological polar surface area (TPSA) is 82.8 Å². The first-order chi connectivity index (χ1) is 13.1. The molecule has 2 aromatic carbocycles. The van der Waals surface area contributed by atoms with Gasteiger partial charge in [-0.15, -0.1) is 0 Å². The number of carbonyl (C=O) groups is 1. The third-order valence-corrected chi connectivity index (χ3v) is 3.66. The van der Waals surface area contributed by atoms with E-state index in [0.29, 0.717) is 6.54 Å². The number of hydrogen-bond donors (Lipinski definition) is 2. The Labute approximate surface area is 157 Å².